The van der Waals surface area contributed by atoms with Crippen molar-refractivity contribution in [2.45, 2.75) is 25.6 Å². The Morgan fingerprint density at radius 2 is 2.07 bits per heavy atom. The van der Waals surface area contributed by atoms with Crippen molar-refractivity contribution in [2.24, 2.45) is 13.0 Å². The summed E-state index contributed by atoms with van der Waals surface area (Å²) in [6.45, 7) is 2.66. The smallest absolute Gasteiger partial charge is 0.255 e. The number of ketones is 1. The van der Waals surface area contributed by atoms with E-state index in [1.54, 1.807) is 23.9 Å². The molecule has 2 aliphatic rings. The molecule has 0 amide bonds. The third-order valence-corrected chi connectivity index (χ3v) is 5.97. The van der Waals surface area contributed by atoms with Gasteiger partial charge in [0.05, 0.1) is 23.6 Å². The van der Waals surface area contributed by atoms with Crippen LogP contribution in [-0.4, -0.2) is 44.1 Å². The number of carbonyl (C=O) groups excluding carboxylic acids is 1. The molecule has 5 rings (SSSR count). The Balaban J connectivity index is 1.42. The fourth-order valence-corrected chi connectivity index (χ4v) is 4.46. The van der Waals surface area contributed by atoms with Gasteiger partial charge in [0.15, 0.2) is 5.78 Å². The van der Waals surface area contributed by atoms with Crippen LogP contribution in [-0.2, 0) is 7.05 Å². The molecule has 2 aliphatic heterocycles. The van der Waals surface area contributed by atoms with E-state index in [2.05, 4.69) is 20.2 Å². The molecule has 8 nitrogen and oxygen atoms in total. The lowest BCUT2D eigenvalue weighted by Crippen LogP contribution is -2.53. The quantitative estimate of drug-likeness (QED) is 0.662. The molecule has 4 heterocycles. The van der Waals surface area contributed by atoms with Crippen LogP contribution in [0.4, 0.5) is 5.95 Å². The van der Waals surface area contributed by atoms with Gasteiger partial charge in [0, 0.05) is 37.3 Å². The molecule has 2 bridgehead atoms. The Morgan fingerprint density at radius 1 is 1.20 bits per heavy atom. The van der Waals surface area contributed by atoms with Crippen LogP contribution >= 0.6 is 0 Å². The van der Waals surface area contributed by atoms with Gasteiger partial charge in [0.2, 0.25) is 5.95 Å². The summed E-state index contributed by atoms with van der Waals surface area (Å²) in [6.07, 6.45) is 3.87. The first-order valence-corrected chi connectivity index (χ1v) is 9.99. The lowest BCUT2D eigenvalue weighted by molar-refractivity contribution is 0.0923. The monoisotopic (exact) mass is 402 g/mol. The van der Waals surface area contributed by atoms with Crippen molar-refractivity contribution < 1.29 is 4.79 Å². The number of benzene rings is 1. The van der Waals surface area contributed by atoms with E-state index in [1.807, 2.05) is 31.2 Å². The predicted molar refractivity (Wildman–Crippen MR) is 112 cm³/mol. The summed E-state index contributed by atoms with van der Waals surface area (Å²) in [6, 6.07) is 10.7. The van der Waals surface area contributed by atoms with E-state index in [9.17, 15) is 9.59 Å². The van der Waals surface area contributed by atoms with Gasteiger partial charge in [-0.3, -0.25) is 19.5 Å². The van der Waals surface area contributed by atoms with E-state index in [0.29, 0.717) is 23.9 Å². The van der Waals surface area contributed by atoms with Crippen molar-refractivity contribution in [3.63, 3.8) is 0 Å². The van der Waals surface area contributed by atoms with Gasteiger partial charge < -0.3 is 4.90 Å². The van der Waals surface area contributed by atoms with Crippen molar-refractivity contribution in [2.75, 3.05) is 11.4 Å². The minimum atomic E-state index is -0.213. The molecule has 30 heavy (non-hydrogen) atoms. The lowest BCUT2D eigenvalue weighted by Gasteiger charge is -2.33. The summed E-state index contributed by atoms with van der Waals surface area (Å²) >= 11 is 0. The Morgan fingerprint density at radius 3 is 2.77 bits per heavy atom. The summed E-state index contributed by atoms with van der Waals surface area (Å²) < 4.78 is 1.55. The van der Waals surface area contributed by atoms with Gasteiger partial charge in [-0.15, -0.1) is 0 Å². The highest BCUT2D eigenvalue weighted by Gasteiger charge is 2.48. The molecular formula is C22H22N6O2. The van der Waals surface area contributed by atoms with Crippen molar-refractivity contribution in [1.29, 1.82) is 0 Å². The number of carbonyl (C=O) groups is 1. The van der Waals surface area contributed by atoms with Crippen molar-refractivity contribution in [1.82, 2.24) is 24.8 Å². The van der Waals surface area contributed by atoms with Crippen LogP contribution in [0.3, 0.4) is 0 Å². The van der Waals surface area contributed by atoms with E-state index in [0.717, 1.165) is 17.5 Å². The van der Waals surface area contributed by atoms with Crippen LogP contribution in [0.2, 0.25) is 0 Å². The van der Waals surface area contributed by atoms with Gasteiger partial charge in [-0.2, -0.15) is 0 Å². The Kier molecular flexibility index (Phi) is 4.43. The largest absolute Gasteiger partial charge is 0.326 e. The highest BCUT2D eigenvalue weighted by Crippen LogP contribution is 2.36. The number of hydrogen-bond donors (Lipinski definition) is 1. The van der Waals surface area contributed by atoms with Crippen molar-refractivity contribution >= 4 is 11.7 Å². The normalized spacial score (nSPS) is 22.5. The van der Waals surface area contributed by atoms with Crippen LogP contribution in [0, 0.1) is 12.8 Å². The van der Waals surface area contributed by atoms with E-state index in [-0.39, 0.29) is 29.5 Å². The van der Waals surface area contributed by atoms with Gasteiger partial charge in [0.1, 0.15) is 6.33 Å². The van der Waals surface area contributed by atoms with Crippen LogP contribution in [0.15, 0.2) is 53.7 Å². The highest BCUT2D eigenvalue weighted by atomic mass is 16.1. The molecule has 152 valence electrons. The zero-order chi connectivity index (χ0) is 20.8. The molecule has 2 aromatic heterocycles. The summed E-state index contributed by atoms with van der Waals surface area (Å²) in [5, 5.41) is 3.46. The van der Waals surface area contributed by atoms with Crippen molar-refractivity contribution in [3.8, 4) is 11.4 Å². The predicted octanol–water partition coefficient (Wildman–Crippen LogP) is 1.55. The third-order valence-electron chi connectivity index (χ3n) is 5.97. The zero-order valence-corrected chi connectivity index (χ0v) is 16.8. The summed E-state index contributed by atoms with van der Waals surface area (Å²) in [5.41, 5.74) is 2.79. The molecule has 1 aromatic carbocycles. The number of rotatable bonds is 4. The maximum Gasteiger partial charge on any atom is 0.255 e. The summed E-state index contributed by atoms with van der Waals surface area (Å²) in [5.74, 6) is 0.877. The molecule has 8 heteroatoms. The van der Waals surface area contributed by atoms with Crippen LogP contribution < -0.4 is 15.8 Å². The van der Waals surface area contributed by atoms with Gasteiger partial charge >= 0.3 is 0 Å². The SMILES string of the molecule is Cc1cccc(C(=O)C2N[C@@H]3CC2CN3c2nc(-c3ccncn3)cc(=O)n2C)c1. The maximum absolute atomic E-state index is 13.0. The molecule has 0 spiro atoms. The first-order chi connectivity index (χ1) is 14.5. The number of aromatic nitrogens is 4. The molecule has 0 radical (unpaired) electrons. The Labute approximate surface area is 173 Å². The average Bonchev–Trinajstić information content (AvgIpc) is 3.36. The second-order valence-corrected chi connectivity index (χ2v) is 7.98. The second kappa shape index (κ2) is 7.14. The van der Waals surface area contributed by atoms with Gasteiger partial charge in [0.25, 0.3) is 5.56 Å². The van der Waals surface area contributed by atoms with Crippen molar-refractivity contribution in [3.05, 3.63) is 70.4 Å². The molecule has 0 saturated carbocycles. The summed E-state index contributed by atoms with van der Waals surface area (Å²) in [7, 11) is 1.72. The standard InChI is InChI=1S/C22H22N6O2/c1-13-4-3-5-14(8-13)21(30)20-15-9-18(26-20)28(11-15)22-25-17(10-19(29)27(22)2)16-6-7-23-12-24-16/h3-8,10,12,15,18,20,26H,9,11H2,1-2H3/t15?,18-,20?/m0/s1. The summed E-state index contributed by atoms with van der Waals surface area (Å²) in [4.78, 5) is 40.5. The van der Waals surface area contributed by atoms with E-state index < -0.39 is 0 Å². The lowest BCUT2D eigenvalue weighted by atomic mass is 9.93. The molecule has 3 aromatic rings. The topological polar surface area (TPSA) is 93.0 Å². The minimum absolute atomic E-state index is 0.0347. The first kappa shape index (κ1) is 18.6. The van der Waals surface area contributed by atoms with Crippen LogP contribution in [0.5, 0.6) is 0 Å². The fourth-order valence-electron chi connectivity index (χ4n) is 4.46. The number of nitrogens with zero attached hydrogens (tertiary/aromatic N) is 5. The number of Topliss-reactive ketones (excluding diaryl/α,β-unsaturated/α-hetero) is 1. The van der Waals surface area contributed by atoms with Gasteiger partial charge in [-0.25, -0.2) is 15.0 Å². The number of anilines is 1. The Hall–Kier alpha value is -3.39. The van der Waals surface area contributed by atoms with E-state index in [1.165, 1.54) is 12.4 Å². The molecule has 0 aliphatic carbocycles. The number of fused-ring (bicyclic) bond motifs is 2. The molecule has 2 fully saturated rings. The highest BCUT2D eigenvalue weighted by molar-refractivity contribution is 6.01. The van der Waals surface area contributed by atoms with Crippen LogP contribution in [0.1, 0.15) is 22.3 Å². The van der Waals surface area contributed by atoms with Gasteiger partial charge in [-0.1, -0.05) is 23.8 Å². The molecule has 2 saturated heterocycles. The first-order valence-electron chi connectivity index (χ1n) is 9.99. The molecular weight excluding hydrogens is 380 g/mol. The number of nitrogens with one attached hydrogen (secondary N) is 1. The van der Waals surface area contributed by atoms with E-state index >= 15 is 0 Å². The number of hydrogen-bond acceptors (Lipinski definition) is 7. The molecule has 2 unspecified atom stereocenters. The number of aryl methyl sites for hydroxylation is 1. The van der Waals surface area contributed by atoms with Gasteiger partial charge in [-0.05, 0) is 25.5 Å². The average molecular weight is 402 g/mol. The fraction of sp³-hybridized carbons (Fsp3) is 0.318. The van der Waals surface area contributed by atoms with Crippen LogP contribution in [0.25, 0.3) is 11.4 Å². The van der Waals surface area contributed by atoms with E-state index in [4.69, 9.17) is 4.98 Å². The third kappa shape index (κ3) is 3.09. The molecule has 1 N–H and O–H groups in total. The Bertz CT molecular complexity index is 1180. The molecule has 3 atom stereocenters. The zero-order valence-electron chi connectivity index (χ0n) is 16.8. The minimum Gasteiger partial charge on any atom is -0.326 e. The maximum atomic E-state index is 13.0. The second-order valence-electron chi connectivity index (χ2n) is 7.98.